The number of fused-ring (bicyclic) bond motifs is 1. The highest BCUT2D eigenvalue weighted by atomic mass is 32.2. The fraction of sp³-hybridized carbons (Fsp3) is 0.917. The van der Waals surface area contributed by atoms with Gasteiger partial charge < -0.3 is 10.1 Å². The lowest BCUT2D eigenvalue weighted by Crippen LogP contribution is -2.39. The molecule has 2 saturated heterocycles. The Morgan fingerprint density at radius 1 is 1.42 bits per heavy atom. The summed E-state index contributed by atoms with van der Waals surface area (Å²) in [4.78, 5) is 11.3. The second kappa shape index (κ2) is 5.76. The summed E-state index contributed by atoms with van der Waals surface area (Å²) < 4.78 is 30.9. The minimum atomic E-state index is -3.36. The highest BCUT2D eigenvalue weighted by molar-refractivity contribution is 7.89. The van der Waals surface area contributed by atoms with Gasteiger partial charge in [0.25, 0.3) is 0 Å². The average Bonchev–Trinajstić information content (AvgIpc) is 2.91. The van der Waals surface area contributed by atoms with Crippen molar-refractivity contribution in [3.63, 3.8) is 0 Å². The summed E-state index contributed by atoms with van der Waals surface area (Å²) in [5, 5.41) is 3.30. The Hall–Kier alpha value is -0.660. The van der Waals surface area contributed by atoms with Crippen LogP contribution in [0.3, 0.4) is 0 Å². The first-order chi connectivity index (χ1) is 8.95. The van der Waals surface area contributed by atoms with Crippen molar-refractivity contribution in [1.29, 1.82) is 0 Å². The van der Waals surface area contributed by atoms with Gasteiger partial charge in [-0.05, 0) is 38.8 Å². The molecule has 3 atom stereocenters. The Labute approximate surface area is 114 Å². The normalized spacial score (nSPS) is 31.4. The van der Waals surface area contributed by atoms with Crippen LogP contribution in [0.4, 0.5) is 0 Å². The first-order valence-corrected chi connectivity index (χ1v) is 8.42. The first-order valence-electron chi connectivity index (χ1n) is 6.81. The van der Waals surface area contributed by atoms with E-state index in [1.165, 1.54) is 0 Å². The molecular weight excluding hydrogens is 268 g/mol. The number of sulfonamides is 1. The molecule has 0 aromatic carbocycles. The van der Waals surface area contributed by atoms with Gasteiger partial charge in [0.05, 0.1) is 18.8 Å². The molecule has 7 heteroatoms. The van der Waals surface area contributed by atoms with Crippen molar-refractivity contribution in [3.05, 3.63) is 0 Å². The molecule has 2 heterocycles. The molecule has 19 heavy (non-hydrogen) atoms. The zero-order valence-electron chi connectivity index (χ0n) is 11.5. The van der Waals surface area contributed by atoms with E-state index in [0.717, 1.165) is 13.1 Å². The van der Waals surface area contributed by atoms with E-state index in [1.807, 2.05) is 6.92 Å². The molecule has 2 rings (SSSR count). The zero-order valence-corrected chi connectivity index (χ0v) is 12.3. The fourth-order valence-corrected chi connectivity index (χ4v) is 4.80. The van der Waals surface area contributed by atoms with E-state index in [-0.39, 0.29) is 24.8 Å². The van der Waals surface area contributed by atoms with E-state index >= 15 is 0 Å². The highest BCUT2D eigenvalue weighted by Crippen LogP contribution is 2.34. The van der Waals surface area contributed by atoms with Gasteiger partial charge in [-0.3, -0.25) is 4.79 Å². The fourth-order valence-electron chi connectivity index (χ4n) is 3.06. The quantitative estimate of drug-likeness (QED) is 0.710. The van der Waals surface area contributed by atoms with Gasteiger partial charge in [0, 0.05) is 12.6 Å². The van der Waals surface area contributed by atoms with Crippen LogP contribution in [0.1, 0.15) is 20.3 Å². The van der Waals surface area contributed by atoms with Gasteiger partial charge in [0.2, 0.25) is 10.0 Å². The smallest absolute Gasteiger partial charge is 0.306 e. The van der Waals surface area contributed by atoms with Gasteiger partial charge in [-0.15, -0.1) is 0 Å². The maximum absolute atomic E-state index is 12.3. The lowest BCUT2D eigenvalue weighted by molar-refractivity contribution is -0.142. The molecule has 0 spiro atoms. The van der Waals surface area contributed by atoms with E-state index < -0.39 is 16.0 Å². The monoisotopic (exact) mass is 290 g/mol. The van der Waals surface area contributed by atoms with E-state index in [0.29, 0.717) is 18.4 Å². The number of nitrogens with zero attached hydrogens (tertiary/aromatic N) is 1. The molecule has 0 aliphatic carbocycles. The minimum absolute atomic E-state index is 0.0206. The highest BCUT2D eigenvalue weighted by Gasteiger charge is 2.46. The average molecular weight is 290 g/mol. The molecule has 0 bridgehead atoms. The number of carbonyl (C=O) groups is 1. The third-order valence-corrected chi connectivity index (χ3v) is 6.02. The van der Waals surface area contributed by atoms with Crippen molar-refractivity contribution in [1.82, 2.24) is 9.62 Å². The van der Waals surface area contributed by atoms with Crippen LogP contribution >= 0.6 is 0 Å². The van der Waals surface area contributed by atoms with Crippen molar-refractivity contribution in [2.75, 3.05) is 32.0 Å². The molecule has 2 aliphatic rings. The largest absolute Gasteiger partial charge is 0.466 e. The van der Waals surface area contributed by atoms with Gasteiger partial charge in [0.15, 0.2) is 0 Å². The van der Waals surface area contributed by atoms with Crippen molar-refractivity contribution >= 4 is 16.0 Å². The second-order valence-electron chi connectivity index (χ2n) is 5.26. The Morgan fingerprint density at radius 3 is 2.79 bits per heavy atom. The van der Waals surface area contributed by atoms with Crippen LogP contribution in [0, 0.1) is 11.8 Å². The van der Waals surface area contributed by atoms with Crippen molar-refractivity contribution in [3.8, 4) is 0 Å². The summed E-state index contributed by atoms with van der Waals surface area (Å²) >= 11 is 0. The van der Waals surface area contributed by atoms with E-state index in [1.54, 1.807) is 11.2 Å². The van der Waals surface area contributed by atoms with Gasteiger partial charge >= 0.3 is 5.97 Å². The van der Waals surface area contributed by atoms with Crippen LogP contribution in [0.2, 0.25) is 0 Å². The van der Waals surface area contributed by atoms with E-state index in [2.05, 4.69) is 5.32 Å². The number of nitrogens with one attached hydrogen (secondary N) is 1. The Bertz CT molecular complexity index is 437. The summed E-state index contributed by atoms with van der Waals surface area (Å²) in [7, 11) is -3.36. The molecule has 2 fully saturated rings. The summed E-state index contributed by atoms with van der Waals surface area (Å²) in [6.07, 6.45) is -0.0625. The van der Waals surface area contributed by atoms with Crippen LogP contribution in [-0.4, -0.2) is 56.7 Å². The predicted molar refractivity (Wildman–Crippen MR) is 71.1 cm³/mol. The van der Waals surface area contributed by atoms with Crippen molar-refractivity contribution in [2.24, 2.45) is 11.8 Å². The second-order valence-corrected chi connectivity index (χ2v) is 7.30. The number of ether oxygens (including phenoxy) is 1. The van der Waals surface area contributed by atoms with Crippen molar-refractivity contribution < 1.29 is 17.9 Å². The number of esters is 1. The Kier molecular flexibility index (Phi) is 4.47. The molecule has 2 aliphatic heterocycles. The third kappa shape index (κ3) is 3.09. The number of carbonyl (C=O) groups excluding carboxylic acids is 1. The van der Waals surface area contributed by atoms with Crippen LogP contribution in [-0.2, 0) is 19.6 Å². The Morgan fingerprint density at radius 2 is 2.16 bits per heavy atom. The molecule has 1 N–H and O–H groups in total. The summed E-state index contributed by atoms with van der Waals surface area (Å²) in [6.45, 7) is 6.30. The molecule has 3 unspecified atom stereocenters. The predicted octanol–water partition coefficient (Wildman–Crippen LogP) is -0.191. The van der Waals surface area contributed by atoms with Crippen molar-refractivity contribution in [2.45, 2.75) is 26.3 Å². The summed E-state index contributed by atoms with van der Waals surface area (Å²) in [5.74, 6) is 0.216. The Balaban J connectivity index is 1.95. The maximum Gasteiger partial charge on any atom is 0.306 e. The lowest BCUT2D eigenvalue weighted by Gasteiger charge is -2.23. The summed E-state index contributed by atoms with van der Waals surface area (Å²) in [6, 6.07) is 0.0206. The summed E-state index contributed by atoms with van der Waals surface area (Å²) in [5.41, 5.74) is 0. The van der Waals surface area contributed by atoms with Crippen LogP contribution < -0.4 is 5.32 Å². The molecule has 0 saturated carbocycles. The maximum atomic E-state index is 12.3. The van der Waals surface area contributed by atoms with Gasteiger partial charge in [0.1, 0.15) is 0 Å². The van der Waals surface area contributed by atoms with Crippen LogP contribution in [0.15, 0.2) is 0 Å². The number of hydrogen-bond acceptors (Lipinski definition) is 5. The standard InChI is InChI=1S/C12H22N2O4S/c1-3-18-12(15)4-5-19(16,17)14-8-10-6-13-7-11(10)9(14)2/h9-11,13H,3-8H2,1-2H3. The third-order valence-electron chi connectivity index (χ3n) is 4.11. The van der Waals surface area contributed by atoms with Gasteiger partial charge in [-0.2, -0.15) is 4.31 Å². The van der Waals surface area contributed by atoms with Crippen LogP contribution in [0.5, 0.6) is 0 Å². The molecule has 0 radical (unpaired) electrons. The molecule has 0 aromatic rings. The molecule has 110 valence electrons. The number of hydrogen-bond donors (Lipinski definition) is 1. The lowest BCUT2D eigenvalue weighted by atomic mass is 9.95. The van der Waals surface area contributed by atoms with E-state index in [9.17, 15) is 13.2 Å². The van der Waals surface area contributed by atoms with Gasteiger partial charge in [-0.25, -0.2) is 8.42 Å². The first kappa shape index (κ1) is 14.7. The molecular formula is C12H22N2O4S. The SMILES string of the molecule is CCOC(=O)CCS(=O)(=O)N1CC2CNCC2C1C. The topological polar surface area (TPSA) is 75.7 Å². The van der Waals surface area contributed by atoms with E-state index in [4.69, 9.17) is 4.74 Å². The molecule has 6 nitrogen and oxygen atoms in total. The zero-order chi connectivity index (χ0) is 14.0. The van der Waals surface area contributed by atoms with Gasteiger partial charge in [-0.1, -0.05) is 0 Å². The minimum Gasteiger partial charge on any atom is -0.466 e. The molecule has 0 amide bonds. The number of rotatable bonds is 5. The van der Waals surface area contributed by atoms with Crippen LogP contribution in [0.25, 0.3) is 0 Å². The molecule has 0 aromatic heterocycles.